The van der Waals surface area contributed by atoms with Crippen LogP contribution in [0, 0.1) is 0 Å². The average Bonchev–Trinajstić information content (AvgIpc) is 2.79. The van der Waals surface area contributed by atoms with Crippen molar-refractivity contribution in [2.45, 2.75) is 38.6 Å². The molecule has 1 atom stereocenters. The number of rotatable bonds is 6. The van der Waals surface area contributed by atoms with E-state index in [2.05, 4.69) is 15.3 Å². The summed E-state index contributed by atoms with van der Waals surface area (Å²) in [5.74, 6) is -0.119. The number of carbonyl (C=O) groups excluding carboxylic acids is 2. The van der Waals surface area contributed by atoms with Crippen LogP contribution in [0.4, 0.5) is 0 Å². The zero-order valence-electron chi connectivity index (χ0n) is 9.62. The molecule has 1 unspecified atom stereocenters. The summed E-state index contributed by atoms with van der Waals surface area (Å²) in [6.45, 7) is 3.58. The number of hydrogen-bond donors (Lipinski definition) is 2. The molecule has 16 heavy (non-hydrogen) atoms. The molecule has 1 amide bonds. The smallest absolute Gasteiger partial charge is 0.221 e. The third kappa shape index (κ3) is 3.49. The number of carbonyl (C=O) groups is 2. The Labute approximate surface area is 94.7 Å². The molecule has 0 spiro atoms. The molecule has 0 aromatic carbocycles. The summed E-state index contributed by atoms with van der Waals surface area (Å²) < 4.78 is 0. The Morgan fingerprint density at radius 1 is 1.69 bits per heavy atom. The highest BCUT2D eigenvalue weighted by atomic mass is 16.2. The number of nitrogens with one attached hydrogen (secondary N) is 2. The zero-order chi connectivity index (χ0) is 12.0. The maximum absolute atomic E-state index is 11.6. The molecule has 0 fully saturated rings. The second kappa shape index (κ2) is 5.44. The fraction of sp³-hybridized carbons (Fsp3) is 0.545. The third-order valence-corrected chi connectivity index (χ3v) is 2.60. The first-order valence-electron chi connectivity index (χ1n) is 5.34. The van der Waals surface area contributed by atoms with Crippen molar-refractivity contribution in [2.75, 3.05) is 0 Å². The van der Waals surface area contributed by atoms with E-state index < -0.39 is 5.54 Å². The van der Waals surface area contributed by atoms with Crippen LogP contribution in [0.2, 0.25) is 0 Å². The lowest BCUT2D eigenvalue weighted by molar-refractivity contribution is -0.126. The summed E-state index contributed by atoms with van der Waals surface area (Å²) in [6, 6.07) is 0. The van der Waals surface area contributed by atoms with Gasteiger partial charge in [0.25, 0.3) is 0 Å². The Kier molecular flexibility index (Phi) is 4.22. The molecule has 0 saturated carbocycles. The van der Waals surface area contributed by atoms with Gasteiger partial charge in [0, 0.05) is 18.3 Å². The number of nitrogens with zero attached hydrogens (tertiary/aromatic N) is 1. The van der Waals surface area contributed by atoms with Crippen molar-refractivity contribution in [1.82, 2.24) is 15.3 Å². The van der Waals surface area contributed by atoms with Gasteiger partial charge in [-0.15, -0.1) is 0 Å². The van der Waals surface area contributed by atoms with Crippen LogP contribution in [0.3, 0.4) is 0 Å². The largest absolute Gasteiger partial charge is 0.348 e. The van der Waals surface area contributed by atoms with Gasteiger partial charge in [-0.1, -0.05) is 6.92 Å². The minimum Gasteiger partial charge on any atom is -0.348 e. The fourth-order valence-electron chi connectivity index (χ4n) is 1.25. The van der Waals surface area contributed by atoms with Crippen LogP contribution >= 0.6 is 0 Å². The van der Waals surface area contributed by atoms with E-state index in [4.69, 9.17) is 0 Å². The molecule has 0 aliphatic rings. The van der Waals surface area contributed by atoms with E-state index in [1.165, 1.54) is 0 Å². The Balaban J connectivity index is 2.39. The maximum Gasteiger partial charge on any atom is 0.221 e. The quantitative estimate of drug-likeness (QED) is 0.701. The predicted octanol–water partition coefficient (Wildman–Crippen LogP) is 0.826. The van der Waals surface area contributed by atoms with Crippen LogP contribution in [-0.4, -0.2) is 27.7 Å². The molecule has 0 aliphatic carbocycles. The van der Waals surface area contributed by atoms with E-state index in [1.807, 2.05) is 6.92 Å². The van der Waals surface area contributed by atoms with Crippen LogP contribution in [0.5, 0.6) is 0 Å². The van der Waals surface area contributed by atoms with Crippen molar-refractivity contribution in [3.63, 3.8) is 0 Å². The molecule has 0 radical (unpaired) electrons. The molecule has 2 N–H and O–H groups in total. The van der Waals surface area contributed by atoms with Crippen molar-refractivity contribution in [1.29, 1.82) is 0 Å². The molecule has 1 rings (SSSR count). The van der Waals surface area contributed by atoms with E-state index in [1.54, 1.807) is 19.4 Å². The highest BCUT2D eigenvalue weighted by molar-refractivity contribution is 5.81. The summed E-state index contributed by atoms with van der Waals surface area (Å²) in [5, 5.41) is 2.71. The molecule has 5 heteroatoms. The molecule has 0 aliphatic heterocycles. The second-order valence-corrected chi connectivity index (χ2v) is 4.01. The highest BCUT2D eigenvalue weighted by Crippen LogP contribution is 2.06. The molecular weight excluding hydrogens is 206 g/mol. The van der Waals surface area contributed by atoms with Gasteiger partial charge in [-0.2, -0.15) is 0 Å². The summed E-state index contributed by atoms with van der Waals surface area (Å²) >= 11 is 0. The van der Waals surface area contributed by atoms with E-state index in [-0.39, 0.29) is 5.91 Å². The Morgan fingerprint density at radius 2 is 2.44 bits per heavy atom. The number of imidazole rings is 1. The molecule has 1 aromatic heterocycles. The van der Waals surface area contributed by atoms with Gasteiger partial charge in [-0.25, -0.2) is 4.98 Å². The van der Waals surface area contributed by atoms with Crippen molar-refractivity contribution >= 4 is 12.2 Å². The summed E-state index contributed by atoms with van der Waals surface area (Å²) in [4.78, 5) is 29.1. The van der Waals surface area contributed by atoms with E-state index in [0.29, 0.717) is 19.3 Å². The first-order valence-corrected chi connectivity index (χ1v) is 5.34. The topological polar surface area (TPSA) is 74.8 Å². The van der Waals surface area contributed by atoms with Gasteiger partial charge in [0.05, 0.1) is 11.9 Å². The third-order valence-electron chi connectivity index (χ3n) is 2.60. The van der Waals surface area contributed by atoms with Gasteiger partial charge in [0.2, 0.25) is 5.91 Å². The van der Waals surface area contributed by atoms with Crippen LogP contribution < -0.4 is 5.32 Å². The first-order chi connectivity index (χ1) is 7.59. The average molecular weight is 223 g/mol. The zero-order valence-corrected chi connectivity index (χ0v) is 9.62. The standard InChI is InChI=1S/C11H17N3O2/c1-3-11(2,7-15)14-10(16)5-4-9-6-12-8-13-9/h6-8H,3-5H2,1-2H3,(H,12,13)(H,14,16). The SMILES string of the molecule is CCC(C)(C=O)NC(=O)CCc1cnc[nH]1. The Morgan fingerprint density at radius 3 is 2.94 bits per heavy atom. The van der Waals surface area contributed by atoms with Gasteiger partial charge >= 0.3 is 0 Å². The number of aryl methyl sites for hydroxylation is 1. The number of aromatic amines is 1. The minimum atomic E-state index is -0.745. The monoisotopic (exact) mass is 223 g/mol. The Hall–Kier alpha value is -1.65. The van der Waals surface area contributed by atoms with Crippen LogP contribution in [0.15, 0.2) is 12.5 Å². The van der Waals surface area contributed by atoms with Gasteiger partial charge < -0.3 is 15.1 Å². The Bertz CT molecular complexity index is 348. The molecule has 1 heterocycles. The van der Waals surface area contributed by atoms with Crippen molar-refractivity contribution in [2.24, 2.45) is 0 Å². The molecule has 88 valence electrons. The maximum atomic E-state index is 11.6. The number of aromatic nitrogens is 2. The summed E-state index contributed by atoms with van der Waals surface area (Å²) in [6.07, 6.45) is 5.59. The lowest BCUT2D eigenvalue weighted by Gasteiger charge is -2.22. The van der Waals surface area contributed by atoms with E-state index in [9.17, 15) is 9.59 Å². The number of H-pyrrole nitrogens is 1. The molecule has 0 saturated heterocycles. The van der Waals surface area contributed by atoms with Crippen molar-refractivity contribution in [3.8, 4) is 0 Å². The second-order valence-electron chi connectivity index (χ2n) is 4.01. The molecular formula is C11H17N3O2. The van der Waals surface area contributed by atoms with Crippen molar-refractivity contribution < 1.29 is 9.59 Å². The number of amides is 1. The van der Waals surface area contributed by atoms with E-state index in [0.717, 1.165) is 12.0 Å². The van der Waals surface area contributed by atoms with Crippen LogP contribution in [0.25, 0.3) is 0 Å². The first kappa shape index (κ1) is 12.4. The number of hydrogen-bond acceptors (Lipinski definition) is 3. The van der Waals surface area contributed by atoms with Crippen LogP contribution in [-0.2, 0) is 16.0 Å². The normalized spacial score (nSPS) is 14.1. The summed E-state index contributed by atoms with van der Waals surface area (Å²) in [5.41, 5.74) is 0.171. The fourth-order valence-corrected chi connectivity index (χ4v) is 1.25. The van der Waals surface area contributed by atoms with Crippen LogP contribution in [0.1, 0.15) is 32.4 Å². The molecule has 0 bridgehead atoms. The van der Waals surface area contributed by atoms with Gasteiger partial charge in [0.15, 0.2) is 0 Å². The molecule has 5 nitrogen and oxygen atoms in total. The van der Waals surface area contributed by atoms with Gasteiger partial charge in [-0.05, 0) is 19.8 Å². The lowest BCUT2D eigenvalue weighted by atomic mass is 10.0. The lowest BCUT2D eigenvalue weighted by Crippen LogP contribution is -2.46. The van der Waals surface area contributed by atoms with Gasteiger partial charge in [-0.3, -0.25) is 4.79 Å². The van der Waals surface area contributed by atoms with Crippen molar-refractivity contribution in [3.05, 3.63) is 18.2 Å². The van der Waals surface area contributed by atoms with E-state index >= 15 is 0 Å². The molecule has 1 aromatic rings. The highest BCUT2D eigenvalue weighted by Gasteiger charge is 2.22. The van der Waals surface area contributed by atoms with Gasteiger partial charge in [0.1, 0.15) is 6.29 Å². The summed E-state index contributed by atoms with van der Waals surface area (Å²) in [7, 11) is 0. The predicted molar refractivity (Wildman–Crippen MR) is 59.8 cm³/mol. The minimum absolute atomic E-state index is 0.119. The number of aldehydes is 1.